The first-order valence-electron chi connectivity index (χ1n) is 5.06. The van der Waals surface area contributed by atoms with E-state index in [2.05, 4.69) is 44.2 Å². The fourth-order valence-electron chi connectivity index (χ4n) is 1.43. The van der Waals surface area contributed by atoms with Crippen molar-refractivity contribution in [1.29, 1.82) is 0 Å². The molecule has 0 N–H and O–H groups in total. The third-order valence-corrected chi connectivity index (χ3v) is 2.28. The topological polar surface area (TPSA) is 9.23 Å². The van der Waals surface area contributed by atoms with Crippen LogP contribution in [-0.4, -0.2) is 13.2 Å². The van der Waals surface area contributed by atoms with Crippen molar-refractivity contribution in [3.05, 3.63) is 41.5 Å². The first-order chi connectivity index (χ1) is 6.75. The average molecular weight is 190 g/mol. The number of hydrogen-bond acceptors (Lipinski definition) is 1. The lowest BCUT2D eigenvalue weighted by molar-refractivity contribution is 0.178. The minimum atomic E-state index is 0.705. The van der Waals surface area contributed by atoms with Gasteiger partial charge in [-0.05, 0) is 37.5 Å². The van der Waals surface area contributed by atoms with E-state index >= 15 is 0 Å². The third-order valence-electron chi connectivity index (χ3n) is 2.28. The van der Waals surface area contributed by atoms with Gasteiger partial charge in [0, 0.05) is 6.61 Å². The summed E-state index contributed by atoms with van der Waals surface area (Å²) >= 11 is 0. The molecule has 0 atom stereocenters. The van der Waals surface area contributed by atoms with Crippen LogP contribution in [0.2, 0.25) is 0 Å². The monoisotopic (exact) mass is 190 g/mol. The van der Waals surface area contributed by atoms with Crippen LogP contribution in [0.1, 0.15) is 25.0 Å². The van der Waals surface area contributed by atoms with Gasteiger partial charge in [-0.3, -0.25) is 0 Å². The second-order valence-electron chi connectivity index (χ2n) is 3.36. The first kappa shape index (κ1) is 11.0. The quantitative estimate of drug-likeness (QED) is 0.661. The van der Waals surface area contributed by atoms with E-state index in [4.69, 9.17) is 4.74 Å². The zero-order chi connectivity index (χ0) is 10.4. The Bertz CT molecular complexity index is 313. The molecule has 0 unspecified atom stereocenters. The van der Waals surface area contributed by atoms with E-state index in [0.717, 1.165) is 6.61 Å². The molecule has 0 aromatic heterocycles. The molecule has 0 radical (unpaired) electrons. The maximum Gasteiger partial charge on any atom is 0.0653 e. The Morgan fingerprint density at radius 3 is 2.71 bits per heavy atom. The molecule has 1 nitrogen and oxygen atoms in total. The van der Waals surface area contributed by atoms with Crippen LogP contribution in [-0.2, 0) is 4.74 Å². The minimum absolute atomic E-state index is 0.705. The van der Waals surface area contributed by atoms with Crippen molar-refractivity contribution in [2.75, 3.05) is 13.2 Å². The van der Waals surface area contributed by atoms with Crippen LogP contribution in [0.4, 0.5) is 0 Å². The SMILES string of the molecule is CCOC/C=C(\C)c1ccccc1C. The molecule has 0 aliphatic heterocycles. The normalized spacial score (nSPS) is 11.8. The van der Waals surface area contributed by atoms with Gasteiger partial charge in [0.15, 0.2) is 0 Å². The summed E-state index contributed by atoms with van der Waals surface area (Å²) in [6, 6.07) is 8.41. The Morgan fingerprint density at radius 2 is 2.07 bits per heavy atom. The molecule has 0 saturated carbocycles. The second-order valence-corrected chi connectivity index (χ2v) is 3.36. The number of ether oxygens (including phenoxy) is 1. The van der Waals surface area contributed by atoms with Gasteiger partial charge in [-0.15, -0.1) is 0 Å². The fourth-order valence-corrected chi connectivity index (χ4v) is 1.43. The van der Waals surface area contributed by atoms with E-state index in [-0.39, 0.29) is 0 Å². The smallest absolute Gasteiger partial charge is 0.0653 e. The van der Waals surface area contributed by atoms with Crippen LogP contribution in [0.25, 0.3) is 5.57 Å². The number of hydrogen-bond donors (Lipinski definition) is 0. The van der Waals surface area contributed by atoms with Crippen molar-refractivity contribution in [1.82, 2.24) is 0 Å². The Hall–Kier alpha value is -1.08. The molecule has 0 amide bonds. The zero-order valence-electron chi connectivity index (χ0n) is 9.21. The van der Waals surface area contributed by atoms with Crippen molar-refractivity contribution >= 4 is 5.57 Å². The molecule has 0 fully saturated rings. The summed E-state index contributed by atoms with van der Waals surface area (Å²) in [6.07, 6.45) is 2.13. The molecular weight excluding hydrogens is 172 g/mol. The fraction of sp³-hybridized carbons (Fsp3) is 0.385. The molecule has 0 spiro atoms. The summed E-state index contributed by atoms with van der Waals surface area (Å²) < 4.78 is 5.29. The van der Waals surface area contributed by atoms with Gasteiger partial charge in [0.05, 0.1) is 6.61 Å². The predicted molar refractivity (Wildman–Crippen MR) is 61.3 cm³/mol. The van der Waals surface area contributed by atoms with Gasteiger partial charge in [0.25, 0.3) is 0 Å². The molecule has 0 saturated heterocycles. The summed E-state index contributed by atoms with van der Waals surface area (Å²) in [7, 11) is 0. The van der Waals surface area contributed by atoms with Crippen LogP contribution >= 0.6 is 0 Å². The van der Waals surface area contributed by atoms with Crippen LogP contribution in [0.3, 0.4) is 0 Å². The molecule has 0 bridgehead atoms. The van der Waals surface area contributed by atoms with Gasteiger partial charge >= 0.3 is 0 Å². The largest absolute Gasteiger partial charge is 0.378 e. The van der Waals surface area contributed by atoms with Gasteiger partial charge in [-0.1, -0.05) is 30.3 Å². The van der Waals surface area contributed by atoms with Gasteiger partial charge < -0.3 is 4.74 Å². The molecule has 76 valence electrons. The standard InChI is InChI=1S/C13H18O/c1-4-14-10-9-12(3)13-8-6-5-7-11(13)2/h5-9H,4,10H2,1-3H3/b12-9+. The molecule has 0 aliphatic rings. The number of benzene rings is 1. The Labute approximate surface area is 86.4 Å². The van der Waals surface area contributed by atoms with E-state index in [1.165, 1.54) is 16.7 Å². The highest BCUT2D eigenvalue weighted by Crippen LogP contribution is 2.17. The van der Waals surface area contributed by atoms with Crippen molar-refractivity contribution in [2.45, 2.75) is 20.8 Å². The van der Waals surface area contributed by atoms with Crippen molar-refractivity contribution in [3.63, 3.8) is 0 Å². The van der Waals surface area contributed by atoms with Gasteiger partial charge in [-0.2, -0.15) is 0 Å². The molecule has 1 aromatic rings. The van der Waals surface area contributed by atoms with Gasteiger partial charge in [0.2, 0.25) is 0 Å². The predicted octanol–water partition coefficient (Wildman–Crippen LogP) is 3.43. The lowest BCUT2D eigenvalue weighted by Crippen LogP contribution is -1.91. The number of aryl methyl sites for hydroxylation is 1. The first-order valence-corrected chi connectivity index (χ1v) is 5.06. The minimum Gasteiger partial charge on any atom is -0.378 e. The molecular formula is C13H18O. The van der Waals surface area contributed by atoms with Crippen LogP contribution < -0.4 is 0 Å². The Balaban J connectivity index is 2.73. The molecule has 1 rings (SSSR count). The second kappa shape index (κ2) is 5.61. The van der Waals surface area contributed by atoms with Crippen LogP contribution in [0.15, 0.2) is 30.3 Å². The van der Waals surface area contributed by atoms with E-state index in [9.17, 15) is 0 Å². The molecule has 0 heterocycles. The maximum absolute atomic E-state index is 5.29. The molecule has 14 heavy (non-hydrogen) atoms. The summed E-state index contributed by atoms with van der Waals surface area (Å²) in [4.78, 5) is 0. The van der Waals surface area contributed by atoms with Gasteiger partial charge in [-0.25, -0.2) is 0 Å². The van der Waals surface area contributed by atoms with Crippen LogP contribution in [0, 0.1) is 6.92 Å². The van der Waals surface area contributed by atoms with E-state index in [1.807, 2.05) is 6.92 Å². The molecule has 0 aliphatic carbocycles. The Kier molecular flexibility index (Phi) is 4.41. The van der Waals surface area contributed by atoms with E-state index in [0.29, 0.717) is 6.61 Å². The van der Waals surface area contributed by atoms with Gasteiger partial charge in [0.1, 0.15) is 0 Å². The summed E-state index contributed by atoms with van der Waals surface area (Å²) in [5.41, 5.74) is 3.92. The van der Waals surface area contributed by atoms with Crippen molar-refractivity contribution in [3.8, 4) is 0 Å². The van der Waals surface area contributed by atoms with Crippen molar-refractivity contribution < 1.29 is 4.74 Å². The highest BCUT2D eigenvalue weighted by molar-refractivity contribution is 5.66. The Morgan fingerprint density at radius 1 is 1.36 bits per heavy atom. The maximum atomic E-state index is 5.29. The van der Waals surface area contributed by atoms with E-state index in [1.54, 1.807) is 0 Å². The average Bonchev–Trinajstić information content (AvgIpc) is 2.18. The van der Waals surface area contributed by atoms with Crippen molar-refractivity contribution in [2.24, 2.45) is 0 Å². The lowest BCUT2D eigenvalue weighted by atomic mass is 10.0. The highest BCUT2D eigenvalue weighted by Gasteiger charge is 1.97. The number of rotatable bonds is 4. The van der Waals surface area contributed by atoms with E-state index < -0.39 is 0 Å². The highest BCUT2D eigenvalue weighted by atomic mass is 16.5. The number of allylic oxidation sites excluding steroid dienone is 1. The molecule has 1 aromatic carbocycles. The summed E-state index contributed by atoms with van der Waals surface area (Å²) in [5, 5.41) is 0. The zero-order valence-corrected chi connectivity index (χ0v) is 9.21. The molecule has 1 heteroatoms. The lowest BCUT2D eigenvalue weighted by Gasteiger charge is -2.05. The third kappa shape index (κ3) is 3.00. The summed E-state index contributed by atoms with van der Waals surface area (Å²) in [6.45, 7) is 7.75. The summed E-state index contributed by atoms with van der Waals surface area (Å²) in [5.74, 6) is 0. The van der Waals surface area contributed by atoms with Crippen LogP contribution in [0.5, 0.6) is 0 Å².